The number of β-amino-alcohol motifs (C(OH)–C–C–N with tert-alkyl or cyclic N) is 1. The molecule has 0 unspecified atom stereocenters. The summed E-state index contributed by atoms with van der Waals surface area (Å²) in [7, 11) is 0. The van der Waals surface area contributed by atoms with Gasteiger partial charge >= 0.3 is 0 Å². The second-order valence-electron chi connectivity index (χ2n) is 4.43. The van der Waals surface area contributed by atoms with Crippen LogP contribution in [-0.4, -0.2) is 44.4 Å². The number of carbonyl (C=O) groups is 1. The molecule has 88 valence electrons. The van der Waals surface area contributed by atoms with Crippen molar-refractivity contribution in [3.05, 3.63) is 18.5 Å². The van der Waals surface area contributed by atoms with Crippen molar-refractivity contribution in [3.8, 4) is 0 Å². The minimum absolute atomic E-state index is 0.0180. The molecule has 1 aliphatic heterocycles. The van der Waals surface area contributed by atoms with Crippen LogP contribution in [-0.2, 0) is 11.3 Å². The van der Waals surface area contributed by atoms with E-state index in [4.69, 9.17) is 0 Å². The fraction of sp³-hybridized carbons (Fsp3) is 0.636. The molecule has 0 atom stereocenters. The summed E-state index contributed by atoms with van der Waals surface area (Å²) < 4.78 is 1.60. The lowest BCUT2D eigenvalue weighted by atomic mass is 9.89. The minimum Gasteiger partial charge on any atom is -0.386 e. The molecule has 1 amide bonds. The van der Waals surface area contributed by atoms with Crippen LogP contribution < -0.4 is 0 Å². The third kappa shape index (κ3) is 2.24. The zero-order valence-corrected chi connectivity index (χ0v) is 9.46. The standard InChI is InChI=1S/C11H17N3O2/c1-2-4-11(16)8-13(9-11)10(15)7-14-6-3-5-12-14/h3,5-6,16H,2,4,7-9H2,1H3. The van der Waals surface area contributed by atoms with Crippen LogP contribution in [0, 0.1) is 0 Å². The fourth-order valence-electron chi connectivity index (χ4n) is 2.10. The van der Waals surface area contributed by atoms with Crippen LogP contribution in [0.5, 0.6) is 0 Å². The first-order valence-corrected chi connectivity index (χ1v) is 5.60. The van der Waals surface area contributed by atoms with Crippen molar-refractivity contribution >= 4 is 5.91 Å². The molecule has 5 heteroatoms. The zero-order chi connectivity index (χ0) is 11.6. The van der Waals surface area contributed by atoms with E-state index in [-0.39, 0.29) is 12.5 Å². The molecular weight excluding hydrogens is 206 g/mol. The second-order valence-corrected chi connectivity index (χ2v) is 4.43. The Labute approximate surface area is 94.7 Å². The lowest BCUT2D eigenvalue weighted by Crippen LogP contribution is -2.63. The highest BCUT2D eigenvalue weighted by Crippen LogP contribution is 2.25. The van der Waals surface area contributed by atoms with E-state index in [0.717, 1.165) is 12.8 Å². The number of nitrogens with zero attached hydrogens (tertiary/aromatic N) is 3. The van der Waals surface area contributed by atoms with Gasteiger partial charge in [-0.25, -0.2) is 0 Å². The molecule has 0 saturated carbocycles. The maximum atomic E-state index is 11.7. The number of aliphatic hydroxyl groups is 1. The SMILES string of the molecule is CCCC1(O)CN(C(=O)Cn2cccn2)C1. The molecule has 1 N–H and O–H groups in total. The Bertz CT molecular complexity index is 355. The summed E-state index contributed by atoms with van der Waals surface area (Å²) in [5, 5.41) is 13.9. The van der Waals surface area contributed by atoms with Gasteiger partial charge in [-0.15, -0.1) is 0 Å². The van der Waals surface area contributed by atoms with E-state index in [1.54, 1.807) is 28.0 Å². The number of likely N-dealkylation sites (tertiary alicyclic amines) is 1. The average molecular weight is 223 g/mol. The molecule has 16 heavy (non-hydrogen) atoms. The first kappa shape index (κ1) is 11.1. The number of amides is 1. The molecule has 5 nitrogen and oxygen atoms in total. The highest BCUT2D eigenvalue weighted by atomic mass is 16.3. The van der Waals surface area contributed by atoms with Crippen molar-refractivity contribution in [2.45, 2.75) is 31.9 Å². The van der Waals surface area contributed by atoms with Crippen molar-refractivity contribution in [2.24, 2.45) is 0 Å². The minimum atomic E-state index is -0.644. The van der Waals surface area contributed by atoms with Gasteiger partial charge in [0.05, 0.1) is 18.7 Å². The molecule has 0 spiro atoms. The van der Waals surface area contributed by atoms with Gasteiger partial charge in [0.25, 0.3) is 0 Å². The van der Waals surface area contributed by atoms with E-state index in [2.05, 4.69) is 5.10 Å². The third-order valence-electron chi connectivity index (χ3n) is 2.89. The van der Waals surface area contributed by atoms with Gasteiger partial charge in [-0.05, 0) is 12.5 Å². The van der Waals surface area contributed by atoms with E-state index in [1.807, 2.05) is 6.92 Å². The van der Waals surface area contributed by atoms with E-state index in [9.17, 15) is 9.90 Å². The first-order valence-electron chi connectivity index (χ1n) is 5.60. The smallest absolute Gasteiger partial charge is 0.244 e. The van der Waals surface area contributed by atoms with Gasteiger partial charge in [0.1, 0.15) is 6.54 Å². The Morgan fingerprint density at radius 2 is 2.31 bits per heavy atom. The van der Waals surface area contributed by atoms with Gasteiger partial charge in [0.2, 0.25) is 5.91 Å². The number of hydrogen-bond acceptors (Lipinski definition) is 3. The Morgan fingerprint density at radius 1 is 1.56 bits per heavy atom. The largest absolute Gasteiger partial charge is 0.386 e. The second kappa shape index (κ2) is 4.25. The quantitative estimate of drug-likeness (QED) is 0.796. The summed E-state index contributed by atoms with van der Waals surface area (Å²) in [4.78, 5) is 13.4. The van der Waals surface area contributed by atoms with Crippen LogP contribution in [0.1, 0.15) is 19.8 Å². The molecule has 1 fully saturated rings. The molecule has 2 heterocycles. The Balaban J connectivity index is 1.81. The van der Waals surface area contributed by atoms with Crippen LogP contribution in [0.3, 0.4) is 0 Å². The Morgan fingerprint density at radius 3 is 2.88 bits per heavy atom. The number of hydrogen-bond donors (Lipinski definition) is 1. The van der Waals surface area contributed by atoms with Gasteiger partial charge < -0.3 is 10.0 Å². The van der Waals surface area contributed by atoms with Crippen molar-refractivity contribution in [1.29, 1.82) is 0 Å². The van der Waals surface area contributed by atoms with Gasteiger partial charge in [-0.1, -0.05) is 13.3 Å². The van der Waals surface area contributed by atoms with Crippen LogP contribution in [0.2, 0.25) is 0 Å². The molecule has 1 aromatic rings. The third-order valence-corrected chi connectivity index (χ3v) is 2.89. The maximum Gasteiger partial charge on any atom is 0.244 e. The monoisotopic (exact) mass is 223 g/mol. The van der Waals surface area contributed by atoms with Gasteiger partial charge in [0.15, 0.2) is 0 Å². The summed E-state index contributed by atoms with van der Waals surface area (Å²) in [6, 6.07) is 1.79. The molecule has 1 aromatic heterocycles. The molecule has 1 aliphatic rings. The molecule has 2 rings (SSSR count). The van der Waals surface area contributed by atoms with Crippen molar-refractivity contribution in [3.63, 3.8) is 0 Å². The molecule has 0 aromatic carbocycles. The predicted octanol–water partition coefficient (Wildman–Crippen LogP) is 0.256. The van der Waals surface area contributed by atoms with Crippen LogP contribution in [0.25, 0.3) is 0 Å². The molecule has 1 saturated heterocycles. The van der Waals surface area contributed by atoms with Crippen molar-refractivity contribution in [2.75, 3.05) is 13.1 Å². The molecule has 0 bridgehead atoms. The van der Waals surface area contributed by atoms with E-state index < -0.39 is 5.60 Å². The summed E-state index contributed by atoms with van der Waals surface area (Å²) in [6.07, 6.45) is 5.11. The summed E-state index contributed by atoms with van der Waals surface area (Å²) >= 11 is 0. The average Bonchev–Trinajstić information content (AvgIpc) is 2.66. The van der Waals surface area contributed by atoms with Crippen molar-refractivity contribution in [1.82, 2.24) is 14.7 Å². The topological polar surface area (TPSA) is 58.4 Å². The van der Waals surface area contributed by atoms with E-state index >= 15 is 0 Å². The molecule has 0 radical (unpaired) electrons. The predicted molar refractivity (Wildman–Crippen MR) is 58.7 cm³/mol. The number of aromatic nitrogens is 2. The van der Waals surface area contributed by atoms with Crippen LogP contribution in [0.4, 0.5) is 0 Å². The van der Waals surface area contributed by atoms with Gasteiger partial charge in [-0.3, -0.25) is 9.48 Å². The first-order chi connectivity index (χ1) is 7.63. The maximum absolute atomic E-state index is 11.7. The lowest BCUT2D eigenvalue weighted by Gasteiger charge is -2.46. The van der Waals surface area contributed by atoms with Crippen LogP contribution in [0.15, 0.2) is 18.5 Å². The van der Waals surface area contributed by atoms with Crippen molar-refractivity contribution < 1.29 is 9.90 Å². The van der Waals surface area contributed by atoms with E-state index in [0.29, 0.717) is 13.1 Å². The van der Waals surface area contributed by atoms with Crippen LogP contribution >= 0.6 is 0 Å². The highest BCUT2D eigenvalue weighted by Gasteiger charge is 2.42. The van der Waals surface area contributed by atoms with Gasteiger partial charge in [-0.2, -0.15) is 5.10 Å². The summed E-state index contributed by atoms with van der Waals surface area (Å²) in [5.41, 5.74) is -0.644. The fourth-order valence-corrected chi connectivity index (χ4v) is 2.10. The van der Waals surface area contributed by atoms with E-state index in [1.165, 1.54) is 0 Å². The lowest BCUT2D eigenvalue weighted by molar-refractivity contribution is -0.157. The number of rotatable bonds is 4. The number of carbonyl (C=O) groups excluding carboxylic acids is 1. The molecular formula is C11H17N3O2. The highest BCUT2D eigenvalue weighted by molar-refractivity contribution is 5.77. The zero-order valence-electron chi connectivity index (χ0n) is 9.46. The van der Waals surface area contributed by atoms with Gasteiger partial charge in [0, 0.05) is 12.4 Å². The Hall–Kier alpha value is -1.36. The Kier molecular flexibility index (Phi) is 2.96. The summed E-state index contributed by atoms with van der Waals surface area (Å²) in [5.74, 6) is 0.0180. The normalized spacial score (nSPS) is 18.2. The summed E-state index contributed by atoms with van der Waals surface area (Å²) in [6.45, 7) is 3.21. The molecule has 0 aliphatic carbocycles.